The molecule has 1 unspecified atom stereocenters. The van der Waals surface area contributed by atoms with Crippen molar-refractivity contribution in [2.75, 3.05) is 19.6 Å². The van der Waals surface area contributed by atoms with Crippen LogP contribution in [0.4, 0.5) is 0 Å². The van der Waals surface area contributed by atoms with Crippen LogP contribution in [-0.4, -0.2) is 36.1 Å². The van der Waals surface area contributed by atoms with Gasteiger partial charge in [-0.1, -0.05) is 19.8 Å². The highest BCUT2D eigenvalue weighted by Gasteiger charge is 2.41. The van der Waals surface area contributed by atoms with Gasteiger partial charge in [0.2, 0.25) is 0 Å². The van der Waals surface area contributed by atoms with Gasteiger partial charge in [0.25, 0.3) is 0 Å². The minimum absolute atomic E-state index is 0.543. The first kappa shape index (κ1) is 9.47. The summed E-state index contributed by atoms with van der Waals surface area (Å²) in [6.45, 7) is 8.30. The van der Waals surface area contributed by atoms with E-state index < -0.39 is 0 Å². The Hall–Kier alpha value is -0.0800. The van der Waals surface area contributed by atoms with Gasteiger partial charge in [0.05, 0.1) is 0 Å². The molecule has 1 N–H and O–H groups in total. The molecule has 1 saturated carbocycles. The monoisotopic (exact) mass is 182 g/mol. The quantitative estimate of drug-likeness (QED) is 0.663. The van der Waals surface area contributed by atoms with Gasteiger partial charge in [0, 0.05) is 24.7 Å². The summed E-state index contributed by atoms with van der Waals surface area (Å²) in [6.07, 6.45) is 5.71. The molecule has 0 aromatic rings. The Labute approximate surface area is 81.7 Å². The van der Waals surface area contributed by atoms with Crippen molar-refractivity contribution in [1.82, 2.24) is 10.2 Å². The van der Waals surface area contributed by atoms with E-state index in [1.807, 2.05) is 0 Å². The van der Waals surface area contributed by atoms with Gasteiger partial charge in [-0.15, -0.1) is 0 Å². The second-order valence-electron chi connectivity index (χ2n) is 4.75. The highest BCUT2D eigenvalue weighted by molar-refractivity contribution is 5.00. The molecule has 0 aromatic heterocycles. The van der Waals surface area contributed by atoms with Crippen LogP contribution in [0.25, 0.3) is 0 Å². The molecule has 2 heteroatoms. The maximum absolute atomic E-state index is 3.64. The molecule has 2 aliphatic rings. The lowest BCUT2D eigenvalue weighted by Crippen LogP contribution is -2.62. The van der Waals surface area contributed by atoms with Crippen molar-refractivity contribution >= 4 is 0 Å². The Morgan fingerprint density at radius 3 is 2.69 bits per heavy atom. The van der Waals surface area contributed by atoms with Crippen LogP contribution < -0.4 is 5.32 Å². The molecule has 76 valence electrons. The average Bonchev–Trinajstić information content (AvgIpc) is 2.59. The fraction of sp³-hybridized carbons (Fsp3) is 1.00. The van der Waals surface area contributed by atoms with E-state index in [0.29, 0.717) is 11.6 Å². The molecule has 1 aliphatic carbocycles. The van der Waals surface area contributed by atoms with Gasteiger partial charge in [-0.2, -0.15) is 0 Å². The Morgan fingerprint density at radius 1 is 1.38 bits per heavy atom. The minimum atomic E-state index is 0.543. The van der Waals surface area contributed by atoms with E-state index in [0.717, 1.165) is 0 Å². The van der Waals surface area contributed by atoms with E-state index in [-0.39, 0.29) is 0 Å². The number of hydrogen-bond donors (Lipinski definition) is 1. The summed E-state index contributed by atoms with van der Waals surface area (Å²) < 4.78 is 0. The molecule has 2 rings (SSSR count). The number of likely N-dealkylation sites (N-methyl/N-ethyl adjacent to an activating group) is 1. The number of nitrogens with zero attached hydrogens (tertiary/aromatic N) is 1. The van der Waals surface area contributed by atoms with Crippen molar-refractivity contribution in [3.05, 3.63) is 0 Å². The molecule has 2 nitrogen and oxygen atoms in total. The Balaban J connectivity index is 2.08. The lowest BCUT2D eigenvalue weighted by molar-refractivity contribution is 0.0520. The first-order chi connectivity index (χ1) is 6.27. The van der Waals surface area contributed by atoms with Crippen LogP contribution in [0.15, 0.2) is 0 Å². The van der Waals surface area contributed by atoms with Crippen LogP contribution >= 0.6 is 0 Å². The summed E-state index contributed by atoms with van der Waals surface area (Å²) in [5.74, 6) is 0. The van der Waals surface area contributed by atoms with E-state index in [2.05, 4.69) is 24.1 Å². The van der Waals surface area contributed by atoms with Crippen LogP contribution in [0, 0.1) is 0 Å². The summed E-state index contributed by atoms with van der Waals surface area (Å²) in [5, 5.41) is 3.64. The SMILES string of the molecule is CCN1CC(C)NCC12CCCC2. The topological polar surface area (TPSA) is 15.3 Å². The molecular formula is C11H22N2. The van der Waals surface area contributed by atoms with Crippen molar-refractivity contribution in [1.29, 1.82) is 0 Å². The number of piperazine rings is 1. The lowest BCUT2D eigenvalue weighted by Gasteiger charge is -2.47. The summed E-state index contributed by atoms with van der Waals surface area (Å²) in [7, 11) is 0. The van der Waals surface area contributed by atoms with E-state index in [1.54, 1.807) is 0 Å². The fourth-order valence-corrected chi connectivity index (χ4v) is 3.06. The molecule has 0 radical (unpaired) electrons. The maximum atomic E-state index is 3.64. The second-order valence-corrected chi connectivity index (χ2v) is 4.75. The molecule has 1 atom stereocenters. The molecule has 0 amide bonds. The zero-order valence-electron chi connectivity index (χ0n) is 8.97. The summed E-state index contributed by atoms with van der Waals surface area (Å²) in [5.41, 5.74) is 0.543. The van der Waals surface area contributed by atoms with E-state index >= 15 is 0 Å². The molecule has 0 aromatic carbocycles. The predicted molar refractivity (Wildman–Crippen MR) is 55.9 cm³/mol. The predicted octanol–water partition coefficient (Wildman–Crippen LogP) is 1.61. The molecular weight excluding hydrogens is 160 g/mol. The molecule has 2 fully saturated rings. The first-order valence-electron chi connectivity index (χ1n) is 5.75. The average molecular weight is 182 g/mol. The molecule has 1 aliphatic heterocycles. The van der Waals surface area contributed by atoms with Crippen molar-refractivity contribution < 1.29 is 0 Å². The third kappa shape index (κ3) is 1.62. The van der Waals surface area contributed by atoms with E-state index in [4.69, 9.17) is 0 Å². The molecule has 0 bridgehead atoms. The van der Waals surface area contributed by atoms with Crippen molar-refractivity contribution in [2.24, 2.45) is 0 Å². The third-order valence-electron chi connectivity index (χ3n) is 3.86. The van der Waals surface area contributed by atoms with Gasteiger partial charge in [-0.05, 0) is 26.3 Å². The Bertz CT molecular complexity index is 173. The zero-order chi connectivity index (χ0) is 9.31. The largest absolute Gasteiger partial charge is 0.311 e. The number of nitrogens with one attached hydrogen (secondary N) is 1. The summed E-state index contributed by atoms with van der Waals surface area (Å²) in [4.78, 5) is 2.71. The molecule has 1 heterocycles. The summed E-state index contributed by atoms with van der Waals surface area (Å²) >= 11 is 0. The molecule has 13 heavy (non-hydrogen) atoms. The van der Waals surface area contributed by atoms with Crippen LogP contribution in [0.1, 0.15) is 39.5 Å². The van der Waals surface area contributed by atoms with Crippen molar-refractivity contribution in [3.8, 4) is 0 Å². The van der Waals surface area contributed by atoms with Crippen LogP contribution in [0.2, 0.25) is 0 Å². The van der Waals surface area contributed by atoms with Crippen LogP contribution in [0.5, 0.6) is 0 Å². The lowest BCUT2D eigenvalue weighted by atomic mass is 9.91. The van der Waals surface area contributed by atoms with Gasteiger partial charge in [-0.3, -0.25) is 4.90 Å². The Morgan fingerprint density at radius 2 is 2.08 bits per heavy atom. The minimum Gasteiger partial charge on any atom is -0.311 e. The number of rotatable bonds is 1. The second kappa shape index (κ2) is 3.58. The highest BCUT2D eigenvalue weighted by atomic mass is 15.3. The van der Waals surface area contributed by atoms with E-state index in [1.165, 1.54) is 45.3 Å². The highest BCUT2D eigenvalue weighted by Crippen LogP contribution is 2.36. The van der Waals surface area contributed by atoms with Gasteiger partial charge in [0.15, 0.2) is 0 Å². The van der Waals surface area contributed by atoms with Gasteiger partial charge in [0.1, 0.15) is 0 Å². The van der Waals surface area contributed by atoms with Crippen molar-refractivity contribution in [3.63, 3.8) is 0 Å². The third-order valence-corrected chi connectivity index (χ3v) is 3.86. The molecule has 1 spiro atoms. The van der Waals surface area contributed by atoms with Crippen LogP contribution in [-0.2, 0) is 0 Å². The standard InChI is InChI=1S/C11H22N2/c1-3-13-8-10(2)12-9-11(13)6-4-5-7-11/h10,12H,3-9H2,1-2H3. The number of hydrogen-bond acceptors (Lipinski definition) is 2. The summed E-state index contributed by atoms with van der Waals surface area (Å²) in [6, 6.07) is 0.686. The normalized spacial score (nSPS) is 34.2. The smallest absolute Gasteiger partial charge is 0.0334 e. The van der Waals surface area contributed by atoms with Gasteiger partial charge < -0.3 is 5.32 Å². The van der Waals surface area contributed by atoms with Crippen LogP contribution in [0.3, 0.4) is 0 Å². The fourth-order valence-electron chi connectivity index (χ4n) is 3.06. The van der Waals surface area contributed by atoms with E-state index in [9.17, 15) is 0 Å². The van der Waals surface area contributed by atoms with Gasteiger partial charge in [-0.25, -0.2) is 0 Å². The van der Waals surface area contributed by atoms with Gasteiger partial charge >= 0.3 is 0 Å². The van der Waals surface area contributed by atoms with Crippen molar-refractivity contribution in [2.45, 2.75) is 51.1 Å². The zero-order valence-corrected chi connectivity index (χ0v) is 8.97. The Kier molecular flexibility index (Phi) is 2.61. The first-order valence-corrected chi connectivity index (χ1v) is 5.75. The maximum Gasteiger partial charge on any atom is 0.0334 e. The molecule has 1 saturated heterocycles.